The monoisotopic (exact) mass is 296 g/mol. The third-order valence-electron chi connectivity index (χ3n) is 3.69. The van der Waals surface area contributed by atoms with E-state index < -0.39 is 11.9 Å². The van der Waals surface area contributed by atoms with Gasteiger partial charge in [0.1, 0.15) is 0 Å². The number of hydrogen-bond acceptors (Lipinski definition) is 2. The van der Waals surface area contributed by atoms with Crippen LogP contribution < -0.4 is 5.32 Å². The van der Waals surface area contributed by atoms with Crippen molar-refractivity contribution in [2.75, 3.05) is 6.54 Å². The van der Waals surface area contributed by atoms with Gasteiger partial charge in [-0.3, -0.25) is 4.79 Å². The molecule has 1 aliphatic rings. The van der Waals surface area contributed by atoms with Gasteiger partial charge in [0, 0.05) is 24.2 Å². The van der Waals surface area contributed by atoms with Crippen LogP contribution in [0.4, 0.5) is 4.79 Å². The number of carbonyl (C=O) groups excluding carboxylic acids is 1. The lowest BCUT2D eigenvalue weighted by Gasteiger charge is -2.23. The SMILES string of the molecule is CC1C(C(=O)O)CCN1C(=O)NCc1ccc(Cl)cc1. The van der Waals surface area contributed by atoms with Gasteiger partial charge < -0.3 is 15.3 Å². The van der Waals surface area contributed by atoms with Crippen molar-refractivity contribution in [3.05, 3.63) is 34.9 Å². The van der Waals surface area contributed by atoms with Gasteiger partial charge in [-0.05, 0) is 31.0 Å². The molecule has 0 aliphatic carbocycles. The van der Waals surface area contributed by atoms with Crippen molar-refractivity contribution in [1.29, 1.82) is 0 Å². The van der Waals surface area contributed by atoms with Crippen LogP contribution in [0.2, 0.25) is 5.02 Å². The summed E-state index contributed by atoms with van der Waals surface area (Å²) < 4.78 is 0. The Balaban J connectivity index is 1.89. The normalized spacial score (nSPS) is 21.8. The molecule has 1 heterocycles. The molecule has 0 spiro atoms. The number of hydrogen-bond donors (Lipinski definition) is 2. The van der Waals surface area contributed by atoms with Crippen molar-refractivity contribution in [3.8, 4) is 0 Å². The number of rotatable bonds is 3. The lowest BCUT2D eigenvalue weighted by molar-refractivity contribution is -0.142. The van der Waals surface area contributed by atoms with Gasteiger partial charge in [0.15, 0.2) is 0 Å². The third kappa shape index (κ3) is 3.22. The van der Waals surface area contributed by atoms with Crippen LogP contribution in [-0.4, -0.2) is 34.6 Å². The second kappa shape index (κ2) is 6.13. The highest BCUT2D eigenvalue weighted by molar-refractivity contribution is 6.30. The zero-order valence-electron chi connectivity index (χ0n) is 11.2. The Morgan fingerprint density at radius 3 is 2.60 bits per heavy atom. The van der Waals surface area contributed by atoms with E-state index in [2.05, 4.69) is 5.32 Å². The largest absolute Gasteiger partial charge is 0.481 e. The number of carboxylic acids is 1. The number of benzene rings is 1. The van der Waals surface area contributed by atoms with E-state index in [0.717, 1.165) is 5.56 Å². The maximum Gasteiger partial charge on any atom is 0.317 e. The number of carbonyl (C=O) groups is 2. The maximum absolute atomic E-state index is 12.1. The Kier molecular flexibility index (Phi) is 4.49. The molecular formula is C14H17ClN2O3. The van der Waals surface area contributed by atoms with E-state index in [9.17, 15) is 9.59 Å². The number of nitrogens with zero attached hydrogens (tertiary/aromatic N) is 1. The van der Waals surface area contributed by atoms with Crippen LogP contribution in [0.25, 0.3) is 0 Å². The maximum atomic E-state index is 12.1. The van der Waals surface area contributed by atoms with E-state index in [1.807, 2.05) is 12.1 Å². The van der Waals surface area contributed by atoms with Crippen LogP contribution >= 0.6 is 11.6 Å². The highest BCUT2D eigenvalue weighted by Crippen LogP contribution is 2.24. The van der Waals surface area contributed by atoms with Crippen LogP contribution in [0.15, 0.2) is 24.3 Å². The zero-order chi connectivity index (χ0) is 14.7. The third-order valence-corrected chi connectivity index (χ3v) is 3.94. The Morgan fingerprint density at radius 1 is 1.40 bits per heavy atom. The molecule has 20 heavy (non-hydrogen) atoms. The summed E-state index contributed by atoms with van der Waals surface area (Å²) in [6.45, 7) is 2.65. The summed E-state index contributed by atoms with van der Waals surface area (Å²) in [6.07, 6.45) is 0.505. The fraction of sp³-hybridized carbons (Fsp3) is 0.429. The average Bonchev–Trinajstić information content (AvgIpc) is 2.80. The van der Waals surface area contributed by atoms with Crippen LogP contribution in [0.3, 0.4) is 0 Å². The summed E-state index contributed by atoms with van der Waals surface area (Å²) in [5.74, 6) is -1.32. The molecule has 2 N–H and O–H groups in total. The van der Waals surface area contributed by atoms with Crippen molar-refractivity contribution < 1.29 is 14.7 Å². The predicted octanol–water partition coefficient (Wildman–Crippen LogP) is 2.34. The van der Waals surface area contributed by atoms with Crippen LogP contribution in [0.5, 0.6) is 0 Å². The molecule has 2 unspecified atom stereocenters. The number of carboxylic acid groups (broad SMARTS) is 1. The molecule has 2 amide bonds. The lowest BCUT2D eigenvalue weighted by atomic mass is 10.0. The molecule has 2 atom stereocenters. The molecule has 5 nitrogen and oxygen atoms in total. The fourth-order valence-electron chi connectivity index (χ4n) is 2.44. The number of likely N-dealkylation sites (tertiary alicyclic amines) is 1. The Labute approximate surface area is 122 Å². The summed E-state index contributed by atoms with van der Waals surface area (Å²) >= 11 is 5.79. The number of urea groups is 1. The molecule has 1 fully saturated rings. The van der Waals surface area contributed by atoms with E-state index in [-0.39, 0.29) is 12.1 Å². The first-order valence-electron chi connectivity index (χ1n) is 6.50. The van der Waals surface area contributed by atoms with Gasteiger partial charge in [-0.2, -0.15) is 0 Å². The van der Waals surface area contributed by atoms with Gasteiger partial charge in [-0.1, -0.05) is 23.7 Å². The molecule has 1 aromatic rings. The highest BCUT2D eigenvalue weighted by Gasteiger charge is 2.37. The van der Waals surface area contributed by atoms with Crippen LogP contribution in [-0.2, 0) is 11.3 Å². The predicted molar refractivity (Wildman–Crippen MR) is 75.6 cm³/mol. The van der Waals surface area contributed by atoms with Gasteiger partial charge in [0.05, 0.1) is 5.92 Å². The number of amides is 2. The Hall–Kier alpha value is -1.75. The number of nitrogens with one attached hydrogen (secondary N) is 1. The van der Waals surface area contributed by atoms with E-state index in [4.69, 9.17) is 16.7 Å². The number of aliphatic carboxylic acids is 1. The molecule has 0 aromatic heterocycles. The first-order chi connectivity index (χ1) is 9.49. The summed E-state index contributed by atoms with van der Waals surface area (Å²) in [5, 5.41) is 12.5. The topological polar surface area (TPSA) is 69.6 Å². The molecular weight excluding hydrogens is 280 g/mol. The van der Waals surface area contributed by atoms with Gasteiger partial charge in [0.2, 0.25) is 0 Å². The van der Waals surface area contributed by atoms with Gasteiger partial charge in [-0.25, -0.2) is 4.79 Å². The summed E-state index contributed by atoms with van der Waals surface area (Å²) in [5.41, 5.74) is 0.949. The lowest BCUT2D eigenvalue weighted by Crippen LogP contribution is -2.43. The molecule has 0 bridgehead atoms. The Morgan fingerprint density at radius 2 is 2.05 bits per heavy atom. The van der Waals surface area contributed by atoms with Gasteiger partial charge in [0.25, 0.3) is 0 Å². The van der Waals surface area contributed by atoms with E-state index in [0.29, 0.717) is 24.5 Å². The average molecular weight is 297 g/mol. The summed E-state index contributed by atoms with van der Waals surface area (Å²) in [6, 6.07) is 6.71. The van der Waals surface area contributed by atoms with Gasteiger partial charge in [-0.15, -0.1) is 0 Å². The number of halogens is 1. The van der Waals surface area contributed by atoms with Crippen LogP contribution in [0.1, 0.15) is 18.9 Å². The van der Waals surface area contributed by atoms with E-state index in [1.165, 1.54) is 0 Å². The minimum atomic E-state index is -0.842. The quantitative estimate of drug-likeness (QED) is 0.899. The molecule has 1 aromatic carbocycles. The van der Waals surface area contributed by atoms with Crippen LogP contribution in [0, 0.1) is 5.92 Å². The first-order valence-corrected chi connectivity index (χ1v) is 6.88. The first kappa shape index (κ1) is 14.7. The molecule has 1 saturated heterocycles. The zero-order valence-corrected chi connectivity index (χ0v) is 11.9. The van der Waals surface area contributed by atoms with Crippen molar-refractivity contribution >= 4 is 23.6 Å². The molecule has 0 radical (unpaired) electrons. The fourth-order valence-corrected chi connectivity index (χ4v) is 2.56. The molecule has 0 saturated carbocycles. The summed E-state index contributed by atoms with van der Waals surface area (Å²) in [7, 11) is 0. The molecule has 6 heteroatoms. The second-order valence-electron chi connectivity index (χ2n) is 4.95. The molecule has 108 valence electrons. The van der Waals surface area contributed by atoms with Crippen molar-refractivity contribution in [2.45, 2.75) is 25.9 Å². The molecule has 1 aliphatic heterocycles. The van der Waals surface area contributed by atoms with Crippen molar-refractivity contribution in [2.24, 2.45) is 5.92 Å². The van der Waals surface area contributed by atoms with Gasteiger partial charge >= 0.3 is 12.0 Å². The molecule has 2 rings (SSSR count). The van der Waals surface area contributed by atoms with Crippen molar-refractivity contribution in [1.82, 2.24) is 10.2 Å². The highest BCUT2D eigenvalue weighted by atomic mass is 35.5. The van der Waals surface area contributed by atoms with E-state index in [1.54, 1.807) is 24.0 Å². The summed E-state index contributed by atoms with van der Waals surface area (Å²) in [4.78, 5) is 24.7. The van der Waals surface area contributed by atoms with Crippen molar-refractivity contribution in [3.63, 3.8) is 0 Å². The van der Waals surface area contributed by atoms with E-state index >= 15 is 0 Å². The smallest absolute Gasteiger partial charge is 0.317 e. The standard InChI is InChI=1S/C14H17ClN2O3/c1-9-12(13(18)19)6-7-17(9)14(20)16-8-10-2-4-11(15)5-3-10/h2-5,9,12H,6-8H2,1H3,(H,16,20)(H,18,19). The minimum absolute atomic E-state index is 0.226. The Bertz CT molecular complexity index is 504. The second-order valence-corrected chi connectivity index (χ2v) is 5.39. The minimum Gasteiger partial charge on any atom is -0.481 e.